The molecule has 0 aromatic heterocycles. The molecule has 1 rings (SSSR count). The van der Waals surface area contributed by atoms with E-state index in [9.17, 15) is 9.59 Å². The average Bonchev–Trinajstić information content (AvgIpc) is 2.44. The lowest BCUT2D eigenvalue weighted by atomic mass is 10.2. The maximum absolute atomic E-state index is 11.5. The van der Waals surface area contributed by atoms with Crippen LogP contribution >= 0.6 is 0 Å². The molecule has 6 heteroatoms. The van der Waals surface area contributed by atoms with Crippen molar-refractivity contribution < 1.29 is 14.7 Å². The van der Waals surface area contributed by atoms with Gasteiger partial charge in [-0.2, -0.15) is 0 Å². The van der Waals surface area contributed by atoms with Crippen molar-refractivity contribution in [2.75, 3.05) is 18.4 Å². The number of carboxylic acids is 1. The topological polar surface area (TPSA) is 104 Å². The van der Waals surface area contributed by atoms with Gasteiger partial charge in [-0.3, -0.25) is 9.59 Å². The van der Waals surface area contributed by atoms with E-state index in [1.54, 1.807) is 0 Å². The molecule has 1 atom stereocenters. The molecule has 0 saturated carbocycles. The highest BCUT2D eigenvalue weighted by Crippen LogP contribution is 2.04. The van der Waals surface area contributed by atoms with Crippen molar-refractivity contribution in [3.05, 3.63) is 30.3 Å². The van der Waals surface area contributed by atoms with E-state index in [4.69, 9.17) is 10.8 Å². The molecule has 1 unspecified atom stereocenters. The van der Waals surface area contributed by atoms with Crippen LogP contribution in [0.3, 0.4) is 0 Å². The molecule has 0 aliphatic heterocycles. The lowest BCUT2D eigenvalue weighted by Crippen LogP contribution is -2.32. The number of nitrogens with one attached hydrogen (secondary N) is 2. The Kier molecular flexibility index (Phi) is 7.13. The van der Waals surface area contributed by atoms with Gasteiger partial charge < -0.3 is 21.5 Å². The van der Waals surface area contributed by atoms with Crippen LogP contribution in [-0.2, 0) is 9.59 Å². The molecule has 6 nitrogen and oxygen atoms in total. The molecule has 0 fully saturated rings. The standard InChI is InChI=1S/C14H21N3O3/c15-12(14(19)20)7-4-9-17-13(18)8-10-16-11-5-2-1-3-6-11/h1-3,5-6,12,16H,4,7-10,15H2,(H,17,18)(H,19,20). The maximum Gasteiger partial charge on any atom is 0.320 e. The average molecular weight is 279 g/mol. The number of carbonyl (C=O) groups is 2. The van der Waals surface area contributed by atoms with E-state index in [0.717, 1.165) is 5.69 Å². The molecular weight excluding hydrogens is 258 g/mol. The molecule has 0 bridgehead atoms. The van der Waals surface area contributed by atoms with E-state index in [1.807, 2.05) is 30.3 Å². The molecule has 0 spiro atoms. The number of amides is 1. The second-order valence-electron chi connectivity index (χ2n) is 4.48. The molecule has 0 heterocycles. The van der Waals surface area contributed by atoms with E-state index >= 15 is 0 Å². The number of carboxylic acid groups (broad SMARTS) is 1. The third-order valence-corrected chi connectivity index (χ3v) is 2.79. The largest absolute Gasteiger partial charge is 0.480 e. The van der Waals surface area contributed by atoms with Gasteiger partial charge in [0, 0.05) is 25.2 Å². The monoisotopic (exact) mass is 279 g/mol. The summed E-state index contributed by atoms with van der Waals surface area (Å²) in [5.74, 6) is -1.07. The third kappa shape index (κ3) is 6.75. The minimum atomic E-state index is -1.01. The number of rotatable bonds is 9. The molecule has 0 radical (unpaired) electrons. The number of anilines is 1. The first-order chi connectivity index (χ1) is 9.59. The lowest BCUT2D eigenvalue weighted by Gasteiger charge is -2.08. The van der Waals surface area contributed by atoms with Crippen LogP contribution in [0.25, 0.3) is 0 Å². The summed E-state index contributed by atoms with van der Waals surface area (Å²) in [5, 5.41) is 14.5. The quantitative estimate of drug-likeness (QED) is 0.500. The summed E-state index contributed by atoms with van der Waals surface area (Å²) >= 11 is 0. The van der Waals surface area contributed by atoms with Gasteiger partial charge in [0.15, 0.2) is 0 Å². The molecule has 0 aliphatic rings. The first-order valence-electron chi connectivity index (χ1n) is 6.63. The summed E-state index contributed by atoms with van der Waals surface area (Å²) < 4.78 is 0. The van der Waals surface area contributed by atoms with Gasteiger partial charge in [0.1, 0.15) is 6.04 Å². The zero-order valence-corrected chi connectivity index (χ0v) is 11.3. The fraction of sp³-hybridized carbons (Fsp3) is 0.429. The predicted octanol–water partition coefficient (Wildman–Crippen LogP) is 0.797. The molecular formula is C14H21N3O3. The Morgan fingerprint density at radius 3 is 2.55 bits per heavy atom. The van der Waals surface area contributed by atoms with Crippen LogP contribution in [0.5, 0.6) is 0 Å². The van der Waals surface area contributed by atoms with Crippen LogP contribution < -0.4 is 16.4 Å². The van der Waals surface area contributed by atoms with Crippen molar-refractivity contribution in [1.29, 1.82) is 0 Å². The van der Waals surface area contributed by atoms with Crippen LogP contribution in [0.4, 0.5) is 5.69 Å². The molecule has 5 N–H and O–H groups in total. The summed E-state index contributed by atoms with van der Waals surface area (Å²) in [6, 6.07) is 8.80. The molecule has 110 valence electrons. The number of aliphatic carboxylic acids is 1. The maximum atomic E-state index is 11.5. The normalized spacial score (nSPS) is 11.7. The molecule has 0 saturated heterocycles. The van der Waals surface area contributed by atoms with Gasteiger partial charge in [0.2, 0.25) is 5.91 Å². The van der Waals surface area contributed by atoms with Crippen LogP contribution in [0.2, 0.25) is 0 Å². The van der Waals surface area contributed by atoms with Crippen molar-refractivity contribution in [3.63, 3.8) is 0 Å². The van der Waals surface area contributed by atoms with Crippen molar-refractivity contribution in [2.45, 2.75) is 25.3 Å². The summed E-state index contributed by atoms with van der Waals surface area (Å²) in [6.45, 7) is 1.01. The highest BCUT2D eigenvalue weighted by molar-refractivity contribution is 5.76. The number of hydrogen-bond acceptors (Lipinski definition) is 4. The van der Waals surface area contributed by atoms with Gasteiger partial charge in [-0.15, -0.1) is 0 Å². The minimum absolute atomic E-state index is 0.0580. The van der Waals surface area contributed by atoms with Crippen LogP contribution in [-0.4, -0.2) is 36.1 Å². The Morgan fingerprint density at radius 1 is 1.20 bits per heavy atom. The van der Waals surface area contributed by atoms with E-state index in [-0.39, 0.29) is 5.91 Å². The number of carbonyl (C=O) groups excluding carboxylic acids is 1. The first-order valence-corrected chi connectivity index (χ1v) is 6.63. The van der Waals surface area contributed by atoms with Gasteiger partial charge in [-0.25, -0.2) is 0 Å². The van der Waals surface area contributed by atoms with Crippen LogP contribution in [0.1, 0.15) is 19.3 Å². The van der Waals surface area contributed by atoms with E-state index in [1.165, 1.54) is 0 Å². The van der Waals surface area contributed by atoms with Crippen LogP contribution in [0.15, 0.2) is 30.3 Å². The Morgan fingerprint density at radius 2 is 1.90 bits per heavy atom. The van der Waals surface area contributed by atoms with Crippen molar-refractivity contribution in [2.24, 2.45) is 5.73 Å². The Bertz CT molecular complexity index is 423. The SMILES string of the molecule is NC(CCCNC(=O)CCNc1ccccc1)C(=O)O. The molecule has 0 aliphatic carbocycles. The number of hydrogen-bond donors (Lipinski definition) is 4. The summed E-state index contributed by atoms with van der Waals surface area (Å²) in [7, 11) is 0. The molecule has 20 heavy (non-hydrogen) atoms. The Balaban J connectivity index is 2.05. The molecule has 1 aromatic rings. The fourth-order valence-corrected chi connectivity index (χ4v) is 1.64. The zero-order valence-electron chi connectivity index (χ0n) is 11.3. The third-order valence-electron chi connectivity index (χ3n) is 2.79. The Hall–Kier alpha value is -2.08. The zero-order chi connectivity index (χ0) is 14.8. The summed E-state index contributed by atoms with van der Waals surface area (Å²) in [4.78, 5) is 22.0. The summed E-state index contributed by atoms with van der Waals surface area (Å²) in [6.07, 6.45) is 1.29. The van der Waals surface area contributed by atoms with Crippen molar-refractivity contribution in [3.8, 4) is 0 Å². The number of benzene rings is 1. The number of para-hydroxylation sites is 1. The number of nitrogens with two attached hydrogens (primary N) is 1. The van der Waals surface area contributed by atoms with Gasteiger partial charge in [-0.1, -0.05) is 18.2 Å². The van der Waals surface area contributed by atoms with E-state index in [2.05, 4.69) is 10.6 Å². The van der Waals surface area contributed by atoms with Gasteiger partial charge in [-0.05, 0) is 25.0 Å². The molecule has 1 amide bonds. The highest BCUT2D eigenvalue weighted by Gasteiger charge is 2.10. The second-order valence-corrected chi connectivity index (χ2v) is 4.48. The smallest absolute Gasteiger partial charge is 0.320 e. The fourth-order valence-electron chi connectivity index (χ4n) is 1.64. The predicted molar refractivity (Wildman–Crippen MR) is 77.4 cm³/mol. The van der Waals surface area contributed by atoms with Crippen LogP contribution in [0, 0.1) is 0 Å². The second kappa shape index (κ2) is 8.92. The van der Waals surface area contributed by atoms with Gasteiger partial charge in [0.25, 0.3) is 0 Å². The molecule has 1 aromatic carbocycles. The Labute approximate surface area is 118 Å². The summed E-state index contributed by atoms with van der Waals surface area (Å²) in [5.41, 5.74) is 6.34. The lowest BCUT2D eigenvalue weighted by molar-refractivity contribution is -0.138. The van der Waals surface area contributed by atoms with Gasteiger partial charge in [0.05, 0.1) is 0 Å². The van der Waals surface area contributed by atoms with Crippen molar-refractivity contribution >= 4 is 17.6 Å². The van der Waals surface area contributed by atoms with Crippen molar-refractivity contribution in [1.82, 2.24) is 5.32 Å². The van der Waals surface area contributed by atoms with E-state index in [0.29, 0.717) is 32.4 Å². The van der Waals surface area contributed by atoms with Gasteiger partial charge >= 0.3 is 5.97 Å². The van der Waals surface area contributed by atoms with E-state index < -0.39 is 12.0 Å². The first kappa shape index (κ1) is 16.0. The minimum Gasteiger partial charge on any atom is -0.480 e. The highest BCUT2D eigenvalue weighted by atomic mass is 16.4.